The molecule has 120 valence electrons. The summed E-state index contributed by atoms with van der Waals surface area (Å²) in [6.07, 6.45) is 4.46. The van der Waals surface area contributed by atoms with E-state index in [1.165, 1.54) is 0 Å². The van der Waals surface area contributed by atoms with Gasteiger partial charge in [-0.2, -0.15) is 5.10 Å². The van der Waals surface area contributed by atoms with Crippen molar-refractivity contribution in [3.8, 4) is 0 Å². The molecule has 2 amide bonds. The number of rotatable bonds is 2. The van der Waals surface area contributed by atoms with E-state index < -0.39 is 11.8 Å². The van der Waals surface area contributed by atoms with Gasteiger partial charge in [-0.15, -0.1) is 0 Å². The van der Waals surface area contributed by atoms with Gasteiger partial charge in [-0.1, -0.05) is 11.6 Å². The van der Waals surface area contributed by atoms with Crippen LogP contribution in [0.15, 0.2) is 30.5 Å². The van der Waals surface area contributed by atoms with Crippen molar-refractivity contribution in [2.24, 2.45) is 7.05 Å². The Morgan fingerprint density at radius 2 is 2.00 bits per heavy atom. The van der Waals surface area contributed by atoms with E-state index >= 15 is 0 Å². The number of halogens is 1. The second-order valence-electron chi connectivity index (χ2n) is 5.55. The van der Waals surface area contributed by atoms with Gasteiger partial charge in [0.15, 0.2) is 0 Å². The highest BCUT2D eigenvalue weighted by Crippen LogP contribution is 2.29. The first-order valence-corrected chi connectivity index (χ1v) is 7.80. The standard InChI is InChI=1S/C16H17ClN4O2/c1-21-14-4-2-3-13(12(14)9-18-21)20-16(23)15(22)19-11-7-5-10(17)6-8-11/h5-9,13H,2-4H2,1H3,(H,19,22)(H,20,23). The molecular formula is C16H17ClN4O2. The fourth-order valence-corrected chi connectivity index (χ4v) is 2.93. The number of carbonyl (C=O) groups is 2. The van der Waals surface area contributed by atoms with Gasteiger partial charge in [0.05, 0.1) is 12.2 Å². The molecule has 6 nitrogen and oxygen atoms in total. The highest BCUT2D eigenvalue weighted by molar-refractivity contribution is 6.39. The number of fused-ring (bicyclic) bond motifs is 1. The van der Waals surface area contributed by atoms with Crippen LogP contribution in [0.2, 0.25) is 5.02 Å². The predicted molar refractivity (Wildman–Crippen MR) is 87.1 cm³/mol. The Morgan fingerprint density at radius 3 is 2.74 bits per heavy atom. The number of hydrogen-bond acceptors (Lipinski definition) is 3. The summed E-state index contributed by atoms with van der Waals surface area (Å²) in [7, 11) is 1.89. The zero-order valence-corrected chi connectivity index (χ0v) is 13.4. The average molecular weight is 333 g/mol. The third-order valence-corrected chi connectivity index (χ3v) is 4.24. The molecule has 0 saturated carbocycles. The number of aromatic nitrogens is 2. The second-order valence-corrected chi connectivity index (χ2v) is 5.99. The zero-order chi connectivity index (χ0) is 16.4. The Hall–Kier alpha value is -2.34. The lowest BCUT2D eigenvalue weighted by Gasteiger charge is -2.23. The molecule has 0 bridgehead atoms. The maximum atomic E-state index is 12.1. The molecule has 1 aromatic carbocycles. The van der Waals surface area contributed by atoms with Gasteiger partial charge in [-0.25, -0.2) is 0 Å². The third-order valence-electron chi connectivity index (χ3n) is 3.99. The summed E-state index contributed by atoms with van der Waals surface area (Å²) >= 11 is 5.79. The lowest BCUT2D eigenvalue weighted by molar-refractivity contribution is -0.136. The number of carbonyl (C=O) groups excluding carboxylic acids is 2. The third kappa shape index (κ3) is 3.37. The van der Waals surface area contributed by atoms with E-state index in [4.69, 9.17) is 11.6 Å². The zero-order valence-electron chi connectivity index (χ0n) is 12.7. The van der Waals surface area contributed by atoms with Gasteiger partial charge < -0.3 is 10.6 Å². The van der Waals surface area contributed by atoms with Gasteiger partial charge in [0.25, 0.3) is 0 Å². The molecule has 0 fully saturated rings. The van der Waals surface area contributed by atoms with Crippen LogP contribution in [0.4, 0.5) is 5.69 Å². The molecular weight excluding hydrogens is 316 g/mol. The number of amides is 2. The molecule has 1 aromatic heterocycles. The maximum absolute atomic E-state index is 12.1. The van der Waals surface area contributed by atoms with Crippen LogP contribution in [0, 0.1) is 0 Å². The minimum Gasteiger partial charge on any atom is -0.341 e. The van der Waals surface area contributed by atoms with Crippen molar-refractivity contribution < 1.29 is 9.59 Å². The van der Waals surface area contributed by atoms with Gasteiger partial charge >= 0.3 is 11.8 Å². The minimum absolute atomic E-state index is 0.170. The van der Waals surface area contributed by atoms with Gasteiger partial charge in [0.1, 0.15) is 0 Å². The summed E-state index contributed by atoms with van der Waals surface area (Å²) in [5.74, 6) is -1.34. The Labute approximate surface area is 138 Å². The van der Waals surface area contributed by atoms with Crippen molar-refractivity contribution in [2.75, 3.05) is 5.32 Å². The molecule has 0 saturated heterocycles. The summed E-state index contributed by atoms with van der Waals surface area (Å²) in [5, 5.41) is 10.1. The van der Waals surface area contributed by atoms with Gasteiger partial charge in [-0.3, -0.25) is 14.3 Å². The fraction of sp³-hybridized carbons (Fsp3) is 0.312. The summed E-state index contributed by atoms with van der Waals surface area (Å²) in [6.45, 7) is 0. The Kier molecular flexibility index (Phi) is 4.34. The molecule has 0 aliphatic heterocycles. The fourth-order valence-electron chi connectivity index (χ4n) is 2.80. The Morgan fingerprint density at radius 1 is 1.26 bits per heavy atom. The first kappa shape index (κ1) is 15.6. The first-order chi connectivity index (χ1) is 11.0. The smallest absolute Gasteiger partial charge is 0.313 e. The van der Waals surface area contributed by atoms with E-state index in [0.29, 0.717) is 10.7 Å². The summed E-state index contributed by atoms with van der Waals surface area (Å²) in [4.78, 5) is 24.1. The van der Waals surface area contributed by atoms with Crippen LogP contribution < -0.4 is 10.6 Å². The van der Waals surface area contributed by atoms with Crippen LogP contribution in [-0.4, -0.2) is 21.6 Å². The Bertz CT molecular complexity index is 739. The molecule has 0 spiro atoms. The molecule has 7 heteroatoms. The van der Waals surface area contributed by atoms with Crippen LogP contribution in [0.25, 0.3) is 0 Å². The summed E-state index contributed by atoms with van der Waals surface area (Å²) in [6, 6.07) is 6.42. The van der Waals surface area contributed by atoms with Crippen LogP contribution in [0.5, 0.6) is 0 Å². The summed E-state index contributed by atoms with van der Waals surface area (Å²) in [5.41, 5.74) is 2.63. The molecule has 1 atom stereocenters. The van der Waals surface area contributed by atoms with E-state index in [1.807, 2.05) is 11.7 Å². The first-order valence-electron chi connectivity index (χ1n) is 7.43. The number of nitrogens with zero attached hydrogens (tertiary/aromatic N) is 2. The monoisotopic (exact) mass is 332 g/mol. The van der Waals surface area contributed by atoms with Crippen molar-refractivity contribution in [3.63, 3.8) is 0 Å². The van der Waals surface area contributed by atoms with E-state index in [1.54, 1.807) is 30.5 Å². The molecule has 1 aliphatic carbocycles. The topological polar surface area (TPSA) is 76.0 Å². The van der Waals surface area contributed by atoms with Crippen molar-refractivity contribution in [3.05, 3.63) is 46.7 Å². The van der Waals surface area contributed by atoms with E-state index in [2.05, 4.69) is 15.7 Å². The van der Waals surface area contributed by atoms with Gasteiger partial charge in [0.2, 0.25) is 0 Å². The predicted octanol–water partition coefficient (Wildman–Crippen LogP) is 2.21. The quantitative estimate of drug-likeness (QED) is 0.828. The average Bonchev–Trinajstić information content (AvgIpc) is 2.92. The van der Waals surface area contributed by atoms with Crippen molar-refractivity contribution in [2.45, 2.75) is 25.3 Å². The lowest BCUT2D eigenvalue weighted by Crippen LogP contribution is -2.38. The highest BCUT2D eigenvalue weighted by atomic mass is 35.5. The number of nitrogens with one attached hydrogen (secondary N) is 2. The number of anilines is 1. The molecule has 23 heavy (non-hydrogen) atoms. The molecule has 0 radical (unpaired) electrons. The van der Waals surface area contributed by atoms with E-state index in [-0.39, 0.29) is 6.04 Å². The van der Waals surface area contributed by atoms with Crippen molar-refractivity contribution in [1.82, 2.24) is 15.1 Å². The molecule has 2 N–H and O–H groups in total. The van der Waals surface area contributed by atoms with Gasteiger partial charge in [0, 0.05) is 29.0 Å². The normalized spacial score (nSPS) is 16.5. The molecule has 2 aromatic rings. The Balaban J connectivity index is 1.65. The van der Waals surface area contributed by atoms with E-state index in [9.17, 15) is 9.59 Å². The van der Waals surface area contributed by atoms with Gasteiger partial charge in [-0.05, 0) is 43.5 Å². The molecule has 3 rings (SSSR count). The molecule has 1 aliphatic rings. The maximum Gasteiger partial charge on any atom is 0.313 e. The van der Waals surface area contributed by atoms with Crippen LogP contribution >= 0.6 is 11.6 Å². The SMILES string of the molecule is Cn1ncc2c1CCCC2NC(=O)C(=O)Nc1ccc(Cl)cc1. The van der Waals surface area contributed by atoms with Crippen molar-refractivity contribution in [1.29, 1.82) is 0 Å². The molecule has 1 unspecified atom stereocenters. The van der Waals surface area contributed by atoms with Crippen molar-refractivity contribution >= 4 is 29.1 Å². The van der Waals surface area contributed by atoms with Crippen LogP contribution in [0.3, 0.4) is 0 Å². The van der Waals surface area contributed by atoms with Crippen LogP contribution in [0.1, 0.15) is 30.1 Å². The largest absolute Gasteiger partial charge is 0.341 e. The highest BCUT2D eigenvalue weighted by Gasteiger charge is 2.26. The lowest BCUT2D eigenvalue weighted by atomic mass is 9.93. The minimum atomic E-state index is -0.691. The van der Waals surface area contributed by atoms with Crippen LogP contribution in [-0.2, 0) is 23.1 Å². The number of hydrogen-bond donors (Lipinski definition) is 2. The molecule has 1 heterocycles. The number of benzene rings is 1. The number of aryl methyl sites for hydroxylation is 1. The second kappa shape index (κ2) is 6.42. The van der Waals surface area contributed by atoms with E-state index in [0.717, 1.165) is 30.5 Å². The summed E-state index contributed by atoms with van der Waals surface area (Å²) < 4.78 is 1.82.